The minimum absolute atomic E-state index is 0.0498. The van der Waals surface area contributed by atoms with Crippen molar-refractivity contribution in [1.29, 1.82) is 0 Å². The Morgan fingerprint density at radius 3 is 0.700 bits per heavy atom. The van der Waals surface area contributed by atoms with Crippen LogP contribution in [0.1, 0.15) is 256 Å². The highest BCUT2D eigenvalue weighted by Gasteiger charge is 2.32. The van der Waals surface area contributed by atoms with Crippen molar-refractivity contribution in [2.75, 3.05) is 0 Å². The first-order chi connectivity index (χ1) is 56.1. The highest BCUT2D eigenvalue weighted by molar-refractivity contribution is 6.02. The van der Waals surface area contributed by atoms with Crippen LogP contribution in [-0.2, 0) is 43.3 Å². The first kappa shape index (κ1) is 80.0. The first-order valence-corrected chi connectivity index (χ1v) is 42.0. The molecule has 12 heterocycles. The molecule has 0 unspecified atom stereocenters. The van der Waals surface area contributed by atoms with Gasteiger partial charge in [-0.05, 0) is 231 Å². The molecule has 0 aliphatic carbocycles. The molecule has 14 nitrogen and oxygen atoms in total. The topological polar surface area (TPSA) is 193 Å². The number of rotatable bonds is 6. The average Bonchev–Trinajstić information content (AvgIpc) is 1.56. The van der Waals surface area contributed by atoms with Crippen molar-refractivity contribution < 1.29 is 0 Å². The summed E-state index contributed by atoms with van der Waals surface area (Å²) in [6.07, 6.45) is 15.8. The van der Waals surface area contributed by atoms with E-state index in [1.165, 1.54) is 21.3 Å². The van der Waals surface area contributed by atoms with E-state index in [0.717, 1.165) is 122 Å². The van der Waals surface area contributed by atoms with Gasteiger partial charge in [-0.25, -0.2) is 29.1 Å². The van der Waals surface area contributed by atoms with E-state index in [2.05, 4.69) is 295 Å². The molecule has 8 aromatic heterocycles. The van der Waals surface area contributed by atoms with Gasteiger partial charge in [-0.15, -0.1) is 0 Å². The second kappa shape index (κ2) is 27.6. The maximum atomic E-state index is 16.4. The van der Waals surface area contributed by atoms with Crippen LogP contribution in [0.15, 0.2) is 165 Å². The molecular weight excluding hydrogens is 1480 g/mol. The molecule has 16 bridgehead atoms. The molecule has 0 saturated heterocycles. The predicted molar refractivity (Wildman–Crippen MR) is 504 cm³/mol. The Morgan fingerprint density at radius 2 is 0.442 bits per heavy atom. The van der Waals surface area contributed by atoms with Crippen molar-refractivity contribution in [3.05, 3.63) is 277 Å². The van der Waals surface area contributed by atoms with Crippen LogP contribution in [0.5, 0.6) is 0 Å². The molecule has 0 fully saturated rings. The number of nitrogens with zero attached hydrogens (tertiary/aromatic N) is 6. The lowest BCUT2D eigenvalue weighted by Crippen LogP contribution is -2.25. The van der Waals surface area contributed by atoms with Gasteiger partial charge in [-0.3, -0.25) is 19.2 Å². The number of aromatic nitrogens is 10. The zero-order valence-electron chi connectivity index (χ0n) is 73.8. The van der Waals surface area contributed by atoms with Crippen LogP contribution in [0.4, 0.5) is 0 Å². The van der Waals surface area contributed by atoms with Crippen molar-refractivity contribution in [2.45, 2.75) is 209 Å². The van der Waals surface area contributed by atoms with Gasteiger partial charge in [0, 0.05) is 55.4 Å². The van der Waals surface area contributed by atoms with Crippen LogP contribution in [0.3, 0.4) is 0 Å². The third-order valence-corrected chi connectivity index (χ3v) is 24.3. The van der Waals surface area contributed by atoms with Crippen molar-refractivity contribution in [2.24, 2.45) is 0 Å². The Labute approximate surface area is 701 Å². The van der Waals surface area contributed by atoms with Gasteiger partial charge in [-0.1, -0.05) is 239 Å². The zero-order valence-corrected chi connectivity index (χ0v) is 73.8. The third kappa shape index (κ3) is 14.4. The molecular formula is C106H108N10O4. The van der Waals surface area contributed by atoms with E-state index in [4.69, 9.17) is 19.9 Å². The van der Waals surface area contributed by atoms with E-state index in [1.807, 2.05) is 72.9 Å². The molecule has 120 heavy (non-hydrogen) atoms. The van der Waals surface area contributed by atoms with Gasteiger partial charge in [0.25, 0.3) is 22.2 Å². The fraction of sp³-hybridized carbons (Fsp3) is 0.302. The fourth-order valence-corrected chi connectivity index (χ4v) is 16.9. The minimum atomic E-state index is -0.702. The Balaban J connectivity index is 0.961. The predicted octanol–water partition coefficient (Wildman–Crippen LogP) is 24.9. The minimum Gasteiger partial charge on any atom is -0.355 e. The van der Waals surface area contributed by atoms with Gasteiger partial charge in [0.05, 0.1) is 78.1 Å². The Hall–Kier alpha value is -12.4. The van der Waals surface area contributed by atoms with Gasteiger partial charge < -0.3 is 19.9 Å². The maximum Gasteiger partial charge on any atom is 0.266 e. The standard InChI is InChI=1S/C106H108N10O4/c1-99(2,3)61-41-57(42-62(49-61)100(4,5)6)89-77-29-25-69(107-77)53-70-26-30-78(108-70)90(58-43-63(101(7,8)9)50-64(44-58)102(10,11)12)82-34-38-86(112-82)93(85-37-33-81(89)111-85)115-95(117)73-55-75-76(56-74(73)96(115)118)98(120)116(97(75)119)94-87-39-35-83(113-87)91(59-45-65(103(13,14)15)51-66(46-59)104(16,17)18)79-31-27-71(109-79)54-72-28-32-80(110-72)92(84-36-40-88(94)114-84)60-47-67(105(19,20)21)52-68(48-60)106(22,23)24/h25-56,107,109,112,114H,1-24H3. The number of hydrogen-bond acceptors (Lipinski definition) is 8. The Bertz CT molecular complexity index is 6530. The number of fused-ring (bicyclic) bond motifs is 18. The molecule has 4 aliphatic heterocycles. The molecule has 4 N–H and O–H groups in total. The lowest BCUT2D eigenvalue weighted by molar-refractivity contribution is 0.568. The molecule has 13 aromatic rings. The van der Waals surface area contributed by atoms with E-state index < -0.39 is 22.2 Å². The van der Waals surface area contributed by atoms with Crippen molar-refractivity contribution in [3.63, 3.8) is 0 Å². The van der Waals surface area contributed by atoms with Crippen molar-refractivity contribution in [1.82, 2.24) is 49.0 Å². The summed E-state index contributed by atoms with van der Waals surface area (Å²) in [5.41, 5.74) is 22.0. The largest absolute Gasteiger partial charge is 0.355 e. The molecule has 17 rings (SSSR count). The highest BCUT2D eigenvalue weighted by atomic mass is 16.2. The fourth-order valence-electron chi connectivity index (χ4n) is 16.9. The summed E-state index contributed by atoms with van der Waals surface area (Å²) in [5, 5.41) is -0.199. The van der Waals surface area contributed by atoms with E-state index in [1.54, 1.807) is 0 Å². The first-order valence-electron chi connectivity index (χ1n) is 42.0. The molecule has 0 atom stereocenters. The smallest absolute Gasteiger partial charge is 0.266 e. The van der Waals surface area contributed by atoms with Gasteiger partial charge in [0.15, 0.2) is 0 Å². The van der Waals surface area contributed by atoms with E-state index >= 15 is 19.2 Å². The highest BCUT2D eigenvalue weighted by Crippen LogP contribution is 2.45. The summed E-state index contributed by atoms with van der Waals surface area (Å²) >= 11 is 0. The van der Waals surface area contributed by atoms with Crippen LogP contribution in [0.2, 0.25) is 0 Å². The lowest BCUT2D eigenvalue weighted by atomic mass is 9.78. The SMILES string of the molecule is CC(C)(C)c1cc(-c2c3nc(c(-n4c(=O)c5cc6c(=O)n(-c7c8nc(c(-c9cc(C(C)(C)C)cc(C(C)(C)C)c9)c9ccc(cc%10nc(c(-c%11cc(C(C)(C)C)cc(C(C)(C)C)c%11)c%11ccc7[nH]%11)C=C%10)[nH]9)C=C8)c(=O)c6cc5c4=O)c4ccc([nH]4)c(-c4cc(C(C)(C)C)cc(C(C)(C)C)c4)c4nc(cc5ccc2[nH]5)C=C4)C=C3)cc(C(C)(C)C)c1. The zero-order chi connectivity index (χ0) is 85.7. The second-order valence-corrected chi connectivity index (χ2v) is 41.7. The summed E-state index contributed by atoms with van der Waals surface area (Å²) in [7, 11) is 0. The number of aromatic amines is 4. The third-order valence-electron chi connectivity index (χ3n) is 24.3. The molecule has 0 spiro atoms. The van der Waals surface area contributed by atoms with E-state index in [-0.39, 0.29) is 76.2 Å². The molecule has 4 aliphatic rings. The summed E-state index contributed by atoms with van der Waals surface area (Å²) in [6.45, 7) is 53.3. The van der Waals surface area contributed by atoms with E-state index in [9.17, 15) is 0 Å². The van der Waals surface area contributed by atoms with Crippen LogP contribution in [0, 0.1) is 0 Å². The van der Waals surface area contributed by atoms with Crippen molar-refractivity contribution in [3.8, 4) is 55.9 Å². The average molecular weight is 1590 g/mol. The molecule has 0 radical (unpaired) electrons. The Morgan fingerprint density at radius 1 is 0.225 bits per heavy atom. The van der Waals surface area contributed by atoms with Gasteiger partial charge in [0.1, 0.15) is 11.4 Å². The maximum absolute atomic E-state index is 16.4. The number of H-pyrrole nitrogens is 4. The molecule has 606 valence electrons. The Kier molecular flexibility index (Phi) is 18.4. The van der Waals surface area contributed by atoms with E-state index in [0.29, 0.717) is 56.2 Å². The summed E-state index contributed by atoms with van der Waals surface area (Å²) in [5.74, 6) is 0. The second-order valence-electron chi connectivity index (χ2n) is 41.7. The summed E-state index contributed by atoms with van der Waals surface area (Å²) in [4.78, 5) is 103. The number of hydrogen-bond donors (Lipinski definition) is 4. The van der Waals surface area contributed by atoms with Crippen LogP contribution in [-0.4, -0.2) is 49.0 Å². The number of benzene rings is 5. The number of nitrogens with one attached hydrogen (secondary N) is 4. The van der Waals surface area contributed by atoms with Crippen LogP contribution < -0.4 is 22.2 Å². The van der Waals surface area contributed by atoms with Gasteiger partial charge in [0.2, 0.25) is 0 Å². The normalized spacial score (nSPS) is 13.7. The van der Waals surface area contributed by atoms with Crippen LogP contribution in [0.25, 0.3) is 170 Å². The molecule has 14 heteroatoms. The molecule has 0 amide bonds. The van der Waals surface area contributed by atoms with Gasteiger partial charge >= 0.3 is 0 Å². The molecule has 0 saturated carbocycles. The monoisotopic (exact) mass is 1580 g/mol. The lowest BCUT2D eigenvalue weighted by Gasteiger charge is -2.26. The van der Waals surface area contributed by atoms with Gasteiger partial charge in [-0.2, -0.15) is 0 Å². The summed E-state index contributed by atoms with van der Waals surface area (Å²) < 4.78 is 2.33. The molecule has 5 aromatic carbocycles. The summed E-state index contributed by atoms with van der Waals surface area (Å²) in [6, 6.07) is 50.2. The quantitative estimate of drug-likeness (QED) is 0.126. The van der Waals surface area contributed by atoms with Crippen molar-refractivity contribution >= 4 is 114 Å². The van der Waals surface area contributed by atoms with Crippen LogP contribution >= 0.6 is 0 Å².